The molecule has 0 aliphatic carbocycles. The summed E-state index contributed by atoms with van der Waals surface area (Å²) < 4.78 is 0. The molecule has 0 radical (unpaired) electrons. The molecule has 2 heterocycles. The van der Waals surface area contributed by atoms with E-state index in [0.717, 1.165) is 12.8 Å². The fourth-order valence-electron chi connectivity index (χ4n) is 2.79. The van der Waals surface area contributed by atoms with Crippen LogP contribution in [-0.4, -0.2) is 9.98 Å². The Morgan fingerprint density at radius 3 is 2.12 bits per heavy atom. The van der Waals surface area contributed by atoms with E-state index in [-0.39, 0.29) is 46.6 Å². The smallest absolute Gasteiger partial charge is 0.737 e. The number of fused-ring (bicyclic) bond motifs is 5. The van der Waals surface area contributed by atoms with Crippen LogP contribution in [0.15, 0.2) is 29.5 Å². The molecule has 3 rings (SSSR count). The summed E-state index contributed by atoms with van der Waals surface area (Å²) in [5.41, 5.74) is 2.33. The number of benzene rings is 1. The molecule has 2 aliphatic rings. The van der Waals surface area contributed by atoms with Gasteiger partial charge in [-0.15, -0.1) is 5.01 Å². The van der Waals surface area contributed by atoms with Gasteiger partial charge in [-0.25, -0.2) is 0 Å². The van der Waals surface area contributed by atoms with E-state index in [0.29, 0.717) is 0 Å². The van der Waals surface area contributed by atoms with Crippen LogP contribution in [0.2, 0.25) is 0 Å². The molecule has 6 heteroatoms. The quantitative estimate of drug-likeness (QED) is 0.274. The zero-order chi connectivity index (χ0) is 10.4. The van der Waals surface area contributed by atoms with Crippen molar-refractivity contribution in [2.75, 3.05) is 0 Å². The molecular weight excluding hydrogens is 217 g/mol. The summed E-state index contributed by atoms with van der Waals surface area (Å²) in [4.78, 5) is 0.197. The normalized spacial score (nSPS) is 26.5. The van der Waals surface area contributed by atoms with Gasteiger partial charge in [0, 0.05) is 4.97 Å². The second kappa shape index (κ2) is 4.24. The summed E-state index contributed by atoms with van der Waals surface area (Å²) in [5, 5.41) is 25.6. The van der Waals surface area contributed by atoms with Gasteiger partial charge < -0.3 is 10.4 Å². The molecular formula is C10H10N3NaO2. The van der Waals surface area contributed by atoms with Gasteiger partial charge in [-0.05, 0) is 29.2 Å². The predicted molar refractivity (Wildman–Crippen MR) is 52.4 cm³/mol. The number of hydrogen-bond donors (Lipinski definition) is 0. The van der Waals surface area contributed by atoms with Crippen LogP contribution in [0.3, 0.4) is 0 Å². The third kappa shape index (κ3) is 1.43. The van der Waals surface area contributed by atoms with Crippen LogP contribution in [0.4, 0.5) is 0 Å². The molecule has 2 atom stereocenters. The van der Waals surface area contributed by atoms with Crippen molar-refractivity contribution in [2.45, 2.75) is 24.9 Å². The molecule has 2 bridgehead atoms. The zero-order valence-corrected chi connectivity index (χ0v) is 11.0. The van der Waals surface area contributed by atoms with Crippen molar-refractivity contribution in [2.24, 2.45) is 5.28 Å². The molecule has 0 amide bonds. The van der Waals surface area contributed by atoms with Crippen molar-refractivity contribution in [3.05, 3.63) is 45.8 Å². The fourth-order valence-corrected chi connectivity index (χ4v) is 2.79. The van der Waals surface area contributed by atoms with E-state index in [1.807, 2.05) is 24.3 Å². The molecule has 2 aliphatic heterocycles. The summed E-state index contributed by atoms with van der Waals surface area (Å²) in [5.74, 6) is 0. The van der Waals surface area contributed by atoms with Crippen LogP contribution in [0.1, 0.15) is 36.1 Å². The summed E-state index contributed by atoms with van der Waals surface area (Å²) in [6.45, 7) is 0. The second-order valence-corrected chi connectivity index (χ2v) is 3.95. The first kappa shape index (κ1) is 11.7. The Kier molecular flexibility index (Phi) is 3.10. The standard InChI is InChI=1S/C10H11N3O2.Na/c14-11-13(15)12-9-5-6-10(12)8-4-2-1-3-7(8)9;/h1-4,9-10,14H,5-6H2;/q;+1/p-1/b13-11+;. The minimum atomic E-state index is 0. The van der Waals surface area contributed by atoms with Crippen molar-refractivity contribution in [1.82, 2.24) is 5.01 Å². The van der Waals surface area contributed by atoms with E-state index in [4.69, 9.17) is 0 Å². The minimum Gasteiger partial charge on any atom is -0.737 e. The summed E-state index contributed by atoms with van der Waals surface area (Å²) in [6, 6.07) is 8.04. The molecule has 1 aromatic rings. The topological polar surface area (TPSA) is 64.7 Å². The van der Waals surface area contributed by atoms with E-state index < -0.39 is 0 Å². The Morgan fingerprint density at radius 2 is 1.69 bits per heavy atom. The first-order chi connectivity index (χ1) is 7.33. The summed E-state index contributed by atoms with van der Waals surface area (Å²) in [7, 11) is 0. The molecule has 0 N–H and O–H groups in total. The van der Waals surface area contributed by atoms with E-state index in [9.17, 15) is 10.4 Å². The van der Waals surface area contributed by atoms with Gasteiger partial charge in [0.05, 0.1) is 0 Å². The maximum Gasteiger partial charge on any atom is 1.00 e. The first-order valence-electron chi connectivity index (χ1n) is 5.00. The average molecular weight is 227 g/mol. The Bertz CT molecular complexity index is 407. The van der Waals surface area contributed by atoms with Crippen LogP contribution >= 0.6 is 0 Å². The molecule has 5 nitrogen and oxygen atoms in total. The molecule has 1 saturated heterocycles. The van der Waals surface area contributed by atoms with E-state index >= 15 is 0 Å². The maximum atomic E-state index is 11.3. The summed E-state index contributed by atoms with van der Waals surface area (Å²) >= 11 is 0. The van der Waals surface area contributed by atoms with Gasteiger partial charge >= 0.3 is 29.6 Å². The molecule has 0 aromatic heterocycles. The third-order valence-electron chi connectivity index (χ3n) is 3.33. The molecule has 0 spiro atoms. The van der Waals surface area contributed by atoms with Crippen molar-refractivity contribution in [3.63, 3.8) is 0 Å². The van der Waals surface area contributed by atoms with Gasteiger partial charge in [-0.3, -0.25) is 0 Å². The first-order valence-corrected chi connectivity index (χ1v) is 5.00. The van der Waals surface area contributed by atoms with Gasteiger partial charge in [0.2, 0.25) is 0 Å². The second-order valence-electron chi connectivity index (χ2n) is 3.95. The molecule has 0 saturated carbocycles. The van der Waals surface area contributed by atoms with Gasteiger partial charge in [0.1, 0.15) is 12.1 Å². The predicted octanol–water partition coefficient (Wildman–Crippen LogP) is -0.742. The Morgan fingerprint density at radius 1 is 1.19 bits per heavy atom. The van der Waals surface area contributed by atoms with Crippen molar-refractivity contribution < 1.29 is 34.5 Å². The molecule has 1 aromatic carbocycles. The Hall–Kier alpha value is -0.780. The van der Waals surface area contributed by atoms with E-state index in [1.54, 1.807) is 0 Å². The SMILES string of the molecule is [Na+].[O-]/N=[N+](/[O-])N1C2CCC1c1ccccc12. The van der Waals surface area contributed by atoms with Crippen molar-refractivity contribution in [1.29, 1.82) is 0 Å². The number of hydrogen-bond acceptors (Lipinski definition) is 3. The molecule has 1 fully saturated rings. The van der Waals surface area contributed by atoms with E-state index in [2.05, 4.69) is 5.28 Å². The Balaban J connectivity index is 0.000000963. The average Bonchev–Trinajstić information content (AvgIpc) is 2.84. The van der Waals surface area contributed by atoms with Crippen LogP contribution in [0, 0.1) is 10.4 Å². The number of hydrazine groups is 1. The van der Waals surface area contributed by atoms with Crippen molar-refractivity contribution >= 4 is 0 Å². The number of rotatable bonds is 1. The monoisotopic (exact) mass is 227 g/mol. The van der Waals surface area contributed by atoms with Gasteiger partial charge in [-0.1, -0.05) is 24.3 Å². The van der Waals surface area contributed by atoms with Crippen LogP contribution in [0.5, 0.6) is 0 Å². The van der Waals surface area contributed by atoms with Crippen LogP contribution in [0.25, 0.3) is 0 Å². The molecule has 78 valence electrons. The van der Waals surface area contributed by atoms with Gasteiger partial charge in [0.25, 0.3) is 0 Å². The maximum absolute atomic E-state index is 11.3. The summed E-state index contributed by atoms with van der Waals surface area (Å²) in [6.07, 6.45) is 1.85. The zero-order valence-electron chi connectivity index (χ0n) is 9.04. The van der Waals surface area contributed by atoms with E-state index in [1.165, 1.54) is 16.1 Å². The third-order valence-corrected chi connectivity index (χ3v) is 3.33. The molecule has 2 unspecified atom stereocenters. The Labute approximate surface area is 115 Å². The fraction of sp³-hybridized carbons (Fsp3) is 0.400. The van der Waals surface area contributed by atoms with Crippen LogP contribution < -0.4 is 29.6 Å². The number of nitrogens with zero attached hydrogens (tertiary/aromatic N) is 3. The largest absolute Gasteiger partial charge is 1.00 e. The van der Waals surface area contributed by atoms with Gasteiger partial charge in [-0.2, -0.15) is 0 Å². The van der Waals surface area contributed by atoms with Gasteiger partial charge in [0.15, 0.2) is 0 Å². The molecule has 16 heavy (non-hydrogen) atoms. The van der Waals surface area contributed by atoms with Crippen LogP contribution in [-0.2, 0) is 0 Å². The van der Waals surface area contributed by atoms with Crippen molar-refractivity contribution in [3.8, 4) is 0 Å². The minimum absolute atomic E-state index is 0.